The minimum Gasteiger partial charge on any atom is -0.347 e. The van der Waals surface area contributed by atoms with Gasteiger partial charge in [-0.05, 0) is 25.3 Å². The summed E-state index contributed by atoms with van der Waals surface area (Å²) in [7, 11) is 0. The number of nitrogens with zero attached hydrogens (tertiary/aromatic N) is 1. The minimum atomic E-state index is -0.539. The van der Waals surface area contributed by atoms with Gasteiger partial charge < -0.3 is 19.7 Å². The average Bonchev–Trinajstić information content (AvgIpc) is 3.09. The molecular formula is C20H30N2O3. The Hall–Kier alpha value is -1.59. The molecule has 5 heteroatoms. The monoisotopic (exact) mass is 346 g/mol. The Bertz CT molecular complexity index is 582. The summed E-state index contributed by atoms with van der Waals surface area (Å²) in [6, 6.07) is 10.3. The number of carbonyl (C=O) groups is 1. The Balaban J connectivity index is 1.56. The second-order valence-corrected chi connectivity index (χ2v) is 7.91. The summed E-state index contributed by atoms with van der Waals surface area (Å²) >= 11 is 0. The van der Waals surface area contributed by atoms with Crippen LogP contribution in [0.5, 0.6) is 0 Å². The number of piperidine rings is 1. The molecule has 5 nitrogen and oxygen atoms in total. The van der Waals surface area contributed by atoms with E-state index in [2.05, 4.69) is 31.3 Å². The number of urea groups is 1. The van der Waals surface area contributed by atoms with E-state index in [9.17, 15) is 4.79 Å². The number of benzene rings is 1. The molecule has 2 saturated heterocycles. The zero-order valence-electron chi connectivity index (χ0n) is 15.6. The van der Waals surface area contributed by atoms with Crippen molar-refractivity contribution in [1.29, 1.82) is 0 Å². The molecule has 2 aliphatic heterocycles. The summed E-state index contributed by atoms with van der Waals surface area (Å²) in [6.45, 7) is 9.70. The predicted octanol–water partition coefficient (Wildman–Crippen LogP) is 3.15. The Morgan fingerprint density at radius 1 is 1.28 bits per heavy atom. The highest BCUT2D eigenvalue weighted by molar-refractivity contribution is 5.74. The van der Waals surface area contributed by atoms with Crippen LogP contribution in [-0.2, 0) is 14.9 Å². The molecule has 1 aromatic carbocycles. The maximum absolute atomic E-state index is 12.7. The van der Waals surface area contributed by atoms with Crippen molar-refractivity contribution < 1.29 is 14.3 Å². The number of amides is 2. The molecule has 3 rings (SSSR count). The van der Waals surface area contributed by atoms with Crippen molar-refractivity contribution in [2.75, 3.05) is 32.8 Å². The molecule has 1 aromatic rings. The lowest BCUT2D eigenvalue weighted by atomic mass is 9.84. The van der Waals surface area contributed by atoms with Crippen LogP contribution in [0.3, 0.4) is 0 Å². The fourth-order valence-corrected chi connectivity index (χ4v) is 3.76. The van der Waals surface area contributed by atoms with E-state index < -0.39 is 5.79 Å². The normalized spacial score (nSPS) is 23.5. The van der Waals surface area contributed by atoms with Gasteiger partial charge in [-0.2, -0.15) is 0 Å². The average molecular weight is 346 g/mol. The molecular weight excluding hydrogens is 316 g/mol. The van der Waals surface area contributed by atoms with E-state index in [4.69, 9.17) is 9.47 Å². The highest BCUT2D eigenvalue weighted by Gasteiger charge is 2.42. The Morgan fingerprint density at radius 3 is 2.64 bits per heavy atom. The van der Waals surface area contributed by atoms with Crippen LogP contribution in [0.25, 0.3) is 0 Å². The summed E-state index contributed by atoms with van der Waals surface area (Å²) < 4.78 is 11.6. The number of hydrogen-bond donors (Lipinski definition) is 1. The second-order valence-electron chi connectivity index (χ2n) is 7.91. The van der Waals surface area contributed by atoms with Gasteiger partial charge in [-0.1, -0.05) is 44.2 Å². The standard InChI is InChI=1S/C20H30N2O3/c1-19(2,16-8-5-4-6-9-16)15-21-18(23)22-11-7-10-17(14-22)20(3)24-12-13-25-20/h4-6,8-9,17H,7,10-15H2,1-3H3,(H,21,23)/t17-/m0/s1. The lowest BCUT2D eigenvalue weighted by molar-refractivity contribution is -0.189. The maximum Gasteiger partial charge on any atom is 0.317 e. The third-order valence-corrected chi connectivity index (χ3v) is 5.55. The van der Waals surface area contributed by atoms with Crippen LogP contribution < -0.4 is 5.32 Å². The third kappa shape index (κ3) is 4.15. The van der Waals surface area contributed by atoms with Gasteiger partial charge in [0, 0.05) is 31.0 Å². The van der Waals surface area contributed by atoms with Crippen molar-refractivity contribution in [3.8, 4) is 0 Å². The number of likely N-dealkylation sites (tertiary alicyclic amines) is 1. The van der Waals surface area contributed by atoms with Gasteiger partial charge in [0.15, 0.2) is 5.79 Å². The number of rotatable bonds is 4. The third-order valence-electron chi connectivity index (χ3n) is 5.55. The van der Waals surface area contributed by atoms with Crippen molar-refractivity contribution in [3.63, 3.8) is 0 Å². The lowest BCUT2D eigenvalue weighted by Gasteiger charge is -2.40. The smallest absolute Gasteiger partial charge is 0.317 e. The van der Waals surface area contributed by atoms with Crippen molar-refractivity contribution in [1.82, 2.24) is 10.2 Å². The molecule has 0 spiro atoms. The van der Waals surface area contributed by atoms with Crippen LogP contribution in [0.15, 0.2) is 30.3 Å². The van der Waals surface area contributed by atoms with E-state index in [0.29, 0.717) is 26.3 Å². The second kappa shape index (κ2) is 7.34. The Kier molecular flexibility index (Phi) is 5.35. The number of ether oxygens (including phenoxy) is 2. The number of carbonyl (C=O) groups excluding carboxylic acids is 1. The summed E-state index contributed by atoms with van der Waals surface area (Å²) in [5.41, 5.74) is 1.13. The first-order chi connectivity index (χ1) is 11.9. The van der Waals surface area contributed by atoms with E-state index in [1.807, 2.05) is 30.0 Å². The highest BCUT2D eigenvalue weighted by Crippen LogP contribution is 2.34. The first-order valence-corrected chi connectivity index (χ1v) is 9.27. The first-order valence-electron chi connectivity index (χ1n) is 9.27. The first kappa shape index (κ1) is 18.2. The highest BCUT2D eigenvalue weighted by atomic mass is 16.7. The molecule has 0 bridgehead atoms. The molecule has 25 heavy (non-hydrogen) atoms. The van der Waals surface area contributed by atoms with E-state index in [1.54, 1.807) is 0 Å². The summed E-state index contributed by atoms with van der Waals surface area (Å²) in [4.78, 5) is 14.6. The summed E-state index contributed by atoms with van der Waals surface area (Å²) in [5, 5.41) is 3.12. The van der Waals surface area contributed by atoms with E-state index in [-0.39, 0.29) is 17.4 Å². The van der Waals surface area contributed by atoms with Crippen LogP contribution in [0.4, 0.5) is 4.79 Å². The molecule has 2 aliphatic rings. The van der Waals surface area contributed by atoms with Crippen molar-refractivity contribution in [2.45, 2.75) is 44.8 Å². The molecule has 1 atom stereocenters. The molecule has 0 unspecified atom stereocenters. The number of hydrogen-bond acceptors (Lipinski definition) is 3. The molecule has 0 aliphatic carbocycles. The van der Waals surface area contributed by atoms with Gasteiger partial charge in [-0.15, -0.1) is 0 Å². The van der Waals surface area contributed by atoms with Crippen molar-refractivity contribution in [3.05, 3.63) is 35.9 Å². The maximum atomic E-state index is 12.7. The Morgan fingerprint density at radius 2 is 1.96 bits per heavy atom. The zero-order valence-corrected chi connectivity index (χ0v) is 15.6. The van der Waals surface area contributed by atoms with Crippen LogP contribution in [0.2, 0.25) is 0 Å². The fourth-order valence-electron chi connectivity index (χ4n) is 3.76. The van der Waals surface area contributed by atoms with E-state index in [1.165, 1.54) is 5.56 Å². The van der Waals surface area contributed by atoms with Crippen LogP contribution in [-0.4, -0.2) is 49.6 Å². The van der Waals surface area contributed by atoms with Crippen molar-refractivity contribution >= 4 is 6.03 Å². The topological polar surface area (TPSA) is 50.8 Å². The molecule has 0 saturated carbocycles. The molecule has 2 heterocycles. The molecule has 2 fully saturated rings. The molecule has 1 N–H and O–H groups in total. The molecule has 2 amide bonds. The molecule has 0 radical (unpaired) electrons. The summed E-state index contributed by atoms with van der Waals surface area (Å²) in [5.74, 6) is -0.306. The van der Waals surface area contributed by atoms with Gasteiger partial charge in [0.1, 0.15) is 0 Å². The largest absolute Gasteiger partial charge is 0.347 e. The van der Waals surface area contributed by atoms with Gasteiger partial charge in [-0.3, -0.25) is 0 Å². The van der Waals surface area contributed by atoms with Crippen molar-refractivity contribution in [2.24, 2.45) is 5.92 Å². The zero-order chi connectivity index (χ0) is 17.9. The van der Waals surface area contributed by atoms with E-state index >= 15 is 0 Å². The van der Waals surface area contributed by atoms with Crippen LogP contribution in [0, 0.1) is 5.92 Å². The molecule has 0 aromatic heterocycles. The lowest BCUT2D eigenvalue weighted by Crippen LogP contribution is -2.52. The summed E-state index contributed by atoms with van der Waals surface area (Å²) in [6.07, 6.45) is 2.03. The van der Waals surface area contributed by atoms with Gasteiger partial charge in [0.2, 0.25) is 0 Å². The van der Waals surface area contributed by atoms with E-state index in [0.717, 1.165) is 19.4 Å². The van der Waals surface area contributed by atoms with Crippen LogP contribution >= 0.6 is 0 Å². The van der Waals surface area contributed by atoms with Gasteiger partial charge in [0.05, 0.1) is 13.2 Å². The SMILES string of the molecule is CC(C)(CNC(=O)N1CCC[C@H](C2(C)OCCO2)C1)c1ccccc1. The van der Waals surface area contributed by atoms with Crippen LogP contribution in [0.1, 0.15) is 39.2 Å². The number of nitrogens with one attached hydrogen (secondary N) is 1. The molecule has 138 valence electrons. The Labute approximate surface area is 150 Å². The quantitative estimate of drug-likeness (QED) is 0.911. The van der Waals surface area contributed by atoms with Gasteiger partial charge in [-0.25, -0.2) is 4.79 Å². The minimum absolute atomic E-state index is 0.00954. The van der Waals surface area contributed by atoms with Gasteiger partial charge in [0.25, 0.3) is 0 Å². The van der Waals surface area contributed by atoms with Gasteiger partial charge >= 0.3 is 6.03 Å². The predicted molar refractivity (Wildman–Crippen MR) is 97.5 cm³/mol. The fraction of sp³-hybridized carbons (Fsp3) is 0.650.